The Labute approximate surface area is 168 Å². The SMILES string of the molecule is Cc1ccc(-c2csc(NC(=O)C3(n4cccn4)CCNCC3)n2)cc1.Cl. The Hall–Kier alpha value is -2.22. The van der Waals surface area contributed by atoms with Crippen molar-refractivity contribution in [3.8, 4) is 11.3 Å². The molecule has 0 radical (unpaired) electrons. The number of anilines is 1. The van der Waals surface area contributed by atoms with E-state index in [4.69, 9.17) is 0 Å². The van der Waals surface area contributed by atoms with Crippen molar-refractivity contribution in [1.29, 1.82) is 0 Å². The summed E-state index contributed by atoms with van der Waals surface area (Å²) >= 11 is 1.45. The number of hydrogen-bond acceptors (Lipinski definition) is 5. The van der Waals surface area contributed by atoms with Gasteiger partial charge in [0.15, 0.2) is 5.13 Å². The summed E-state index contributed by atoms with van der Waals surface area (Å²) in [4.78, 5) is 17.7. The number of nitrogens with one attached hydrogen (secondary N) is 2. The average Bonchev–Trinajstić information content (AvgIpc) is 3.35. The van der Waals surface area contributed by atoms with Gasteiger partial charge in [0.05, 0.1) is 5.69 Å². The van der Waals surface area contributed by atoms with Crippen LogP contribution in [0.4, 0.5) is 5.13 Å². The number of carbonyl (C=O) groups is 1. The van der Waals surface area contributed by atoms with E-state index in [0.717, 1.165) is 24.3 Å². The first-order valence-corrected chi connectivity index (χ1v) is 9.60. The molecule has 3 aromatic rings. The van der Waals surface area contributed by atoms with E-state index >= 15 is 0 Å². The molecule has 27 heavy (non-hydrogen) atoms. The van der Waals surface area contributed by atoms with Gasteiger partial charge in [-0.25, -0.2) is 4.98 Å². The molecule has 6 nitrogen and oxygen atoms in total. The second-order valence-electron chi connectivity index (χ2n) is 6.59. The second-order valence-corrected chi connectivity index (χ2v) is 7.45. The molecular weight excluding hydrogens is 382 g/mol. The van der Waals surface area contributed by atoms with Crippen LogP contribution in [0.5, 0.6) is 0 Å². The van der Waals surface area contributed by atoms with Crippen LogP contribution in [0.2, 0.25) is 0 Å². The molecule has 2 aromatic heterocycles. The molecule has 1 fully saturated rings. The van der Waals surface area contributed by atoms with Gasteiger partial charge in [0.2, 0.25) is 0 Å². The molecule has 142 valence electrons. The lowest BCUT2D eigenvalue weighted by Gasteiger charge is -2.36. The van der Waals surface area contributed by atoms with Gasteiger partial charge in [0, 0.05) is 23.3 Å². The Balaban J connectivity index is 0.00000210. The van der Waals surface area contributed by atoms with Gasteiger partial charge in [-0.1, -0.05) is 29.8 Å². The summed E-state index contributed by atoms with van der Waals surface area (Å²) in [6.07, 6.45) is 4.99. The molecule has 8 heteroatoms. The predicted molar refractivity (Wildman–Crippen MR) is 110 cm³/mol. The van der Waals surface area contributed by atoms with Gasteiger partial charge in [-0.3, -0.25) is 14.8 Å². The van der Waals surface area contributed by atoms with E-state index in [-0.39, 0.29) is 18.3 Å². The minimum Gasteiger partial charge on any atom is -0.317 e. The van der Waals surface area contributed by atoms with Crippen LogP contribution in [-0.2, 0) is 10.3 Å². The lowest BCUT2D eigenvalue weighted by atomic mass is 9.87. The number of nitrogens with zero attached hydrogens (tertiary/aromatic N) is 3. The van der Waals surface area contributed by atoms with Gasteiger partial charge < -0.3 is 5.32 Å². The summed E-state index contributed by atoms with van der Waals surface area (Å²) in [7, 11) is 0. The third-order valence-electron chi connectivity index (χ3n) is 4.87. The summed E-state index contributed by atoms with van der Waals surface area (Å²) in [5, 5.41) is 13.3. The highest BCUT2D eigenvalue weighted by molar-refractivity contribution is 7.14. The number of carbonyl (C=O) groups excluding carboxylic acids is 1. The summed E-state index contributed by atoms with van der Waals surface area (Å²) in [6, 6.07) is 10.1. The van der Waals surface area contributed by atoms with E-state index in [2.05, 4.69) is 39.8 Å². The number of piperidine rings is 1. The first-order valence-electron chi connectivity index (χ1n) is 8.72. The standard InChI is InChI=1S/C19H21N5OS.ClH/c1-14-3-5-15(6-4-14)16-13-26-18(22-16)23-17(25)19(7-10-20-11-8-19)24-12-2-9-21-24;/h2-6,9,12-13,20H,7-8,10-11H2,1H3,(H,22,23,25);1H. The molecule has 0 aliphatic carbocycles. The molecule has 4 rings (SSSR count). The maximum absolute atomic E-state index is 13.1. The molecule has 0 atom stereocenters. The number of hydrogen-bond donors (Lipinski definition) is 2. The van der Waals surface area contributed by atoms with E-state index in [1.807, 2.05) is 29.8 Å². The monoisotopic (exact) mass is 403 g/mol. The van der Waals surface area contributed by atoms with Gasteiger partial charge in [-0.05, 0) is 38.9 Å². The van der Waals surface area contributed by atoms with Crippen molar-refractivity contribution in [3.05, 3.63) is 53.7 Å². The van der Waals surface area contributed by atoms with Gasteiger partial charge in [-0.2, -0.15) is 5.10 Å². The summed E-state index contributed by atoms with van der Waals surface area (Å²) in [5.74, 6) is -0.0486. The van der Waals surface area contributed by atoms with Crippen LogP contribution in [0, 0.1) is 6.92 Å². The predicted octanol–water partition coefficient (Wildman–Crippen LogP) is 3.45. The highest BCUT2D eigenvalue weighted by atomic mass is 35.5. The molecule has 0 spiro atoms. The van der Waals surface area contributed by atoms with Crippen LogP contribution in [0.3, 0.4) is 0 Å². The summed E-state index contributed by atoms with van der Waals surface area (Å²) in [6.45, 7) is 3.64. The van der Waals surface area contributed by atoms with Crippen LogP contribution in [0.15, 0.2) is 48.1 Å². The third-order valence-corrected chi connectivity index (χ3v) is 5.63. The van der Waals surface area contributed by atoms with Crippen LogP contribution < -0.4 is 10.6 Å². The quantitative estimate of drug-likeness (QED) is 0.699. The van der Waals surface area contributed by atoms with Crippen LogP contribution in [0.25, 0.3) is 11.3 Å². The van der Waals surface area contributed by atoms with Gasteiger partial charge in [0.1, 0.15) is 5.54 Å². The average molecular weight is 404 g/mol. The zero-order valence-electron chi connectivity index (χ0n) is 15.0. The van der Waals surface area contributed by atoms with E-state index in [9.17, 15) is 4.79 Å². The molecule has 1 aromatic carbocycles. The Bertz CT molecular complexity index is 885. The number of thiazole rings is 1. The highest BCUT2D eigenvalue weighted by Gasteiger charge is 2.42. The lowest BCUT2D eigenvalue weighted by molar-refractivity contribution is -0.126. The van der Waals surface area contributed by atoms with Crippen molar-refractivity contribution >= 4 is 34.8 Å². The lowest BCUT2D eigenvalue weighted by Crippen LogP contribution is -2.52. The first-order chi connectivity index (χ1) is 12.7. The van der Waals surface area contributed by atoms with Crippen LogP contribution >= 0.6 is 23.7 Å². The smallest absolute Gasteiger partial charge is 0.254 e. The molecule has 1 saturated heterocycles. The van der Waals surface area contributed by atoms with Crippen molar-refractivity contribution in [2.75, 3.05) is 18.4 Å². The number of aromatic nitrogens is 3. The maximum Gasteiger partial charge on any atom is 0.254 e. The van der Waals surface area contributed by atoms with Crippen LogP contribution in [-0.4, -0.2) is 33.8 Å². The minimum atomic E-state index is -0.662. The van der Waals surface area contributed by atoms with Crippen LogP contribution in [0.1, 0.15) is 18.4 Å². The molecule has 1 aliphatic heterocycles. The zero-order valence-corrected chi connectivity index (χ0v) is 16.6. The summed E-state index contributed by atoms with van der Waals surface area (Å²) in [5.41, 5.74) is 2.48. The Kier molecular flexibility index (Phi) is 5.94. The topological polar surface area (TPSA) is 71.8 Å². The molecule has 3 heterocycles. The molecule has 0 unspecified atom stereocenters. The zero-order chi connectivity index (χ0) is 18.0. The largest absolute Gasteiger partial charge is 0.317 e. The van der Waals surface area contributed by atoms with E-state index < -0.39 is 5.54 Å². The van der Waals surface area contributed by atoms with E-state index in [0.29, 0.717) is 18.0 Å². The fraction of sp³-hybridized carbons (Fsp3) is 0.316. The molecular formula is C19H22ClN5OS. The third kappa shape index (κ3) is 3.90. The normalized spacial score (nSPS) is 15.7. The highest BCUT2D eigenvalue weighted by Crippen LogP contribution is 2.30. The Morgan fingerprint density at radius 1 is 1.26 bits per heavy atom. The molecule has 1 amide bonds. The van der Waals surface area contributed by atoms with Crippen molar-refractivity contribution in [2.45, 2.75) is 25.3 Å². The summed E-state index contributed by atoms with van der Waals surface area (Å²) < 4.78 is 1.79. The minimum absolute atomic E-state index is 0. The number of halogens is 1. The van der Waals surface area contributed by atoms with Crippen molar-refractivity contribution in [2.24, 2.45) is 0 Å². The first kappa shape index (κ1) is 19.5. The van der Waals surface area contributed by atoms with Crippen molar-refractivity contribution < 1.29 is 4.79 Å². The molecule has 1 aliphatic rings. The fourth-order valence-corrected chi connectivity index (χ4v) is 4.04. The van der Waals surface area contributed by atoms with Crippen molar-refractivity contribution in [3.63, 3.8) is 0 Å². The number of aryl methyl sites for hydroxylation is 1. The van der Waals surface area contributed by atoms with Crippen molar-refractivity contribution in [1.82, 2.24) is 20.1 Å². The molecule has 2 N–H and O–H groups in total. The fourth-order valence-electron chi connectivity index (χ4n) is 3.32. The van der Waals surface area contributed by atoms with E-state index in [1.54, 1.807) is 10.9 Å². The maximum atomic E-state index is 13.1. The molecule has 0 saturated carbocycles. The Morgan fingerprint density at radius 3 is 2.67 bits per heavy atom. The number of benzene rings is 1. The Morgan fingerprint density at radius 2 is 2.00 bits per heavy atom. The van der Waals surface area contributed by atoms with E-state index in [1.165, 1.54) is 16.9 Å². The number of amides is 1. The van der Waals surface area contributed by atoms with Gasteiger partial charge >= 0.3 is 0 Å². The second kappa shape index (κ2) is 8.21. The molecule has 0 bridgehead atoms. The van der Waals surface area contributed by atoms with Gasteiger partial charge in [-0.15, -0.1) is 23.7 Å². The van der Waals surface area contributed by atoms with Gasteiger partial charge in [0.25, 0.3) is 5.91 Å². The number of rotatable bonds is 4.